The van der Waals surface area contributed by atoms with E-state index < -0.39 is 17.5 Å². The standard InChI is InChI=1S/C6H2F3.C5H5.2CO.Fe/c7-4-1-2-5(8)6(9)3-4;1-2-4-5-3-1;2*1-2;/h1-2H;1-5H;;;/q2*-1;;;+6. The van der Waals surface area contributed by atoms with Crippen molar-refractivity contribution in [1.82, 2.24) is 0 Å². The van der Waals surface area contributed by atoms with E-state index in [9.17, 15) is 13.2 Å². The van der Waals surface area contributed by atoms with Crippen LogP contribution in [0.1, 0.15) is 0 Å². The maximum absolute atomic E-state index is 11.9. The molecular formula is C13H7F3FeO2+4. The van der Waals surface area contributed by atoms with Crippen LogP contribution in [-0.2, 0) is 26.4 Å². The molecule has 0 amide bonds. The van der Waals surface area contributed by atoms with Crippen molar-refractivity contribution < 1.29 is 39.5 Å². The molecule has 0 bridgehead atoms. The predicted octanol–water partition coefficient (Wildman–Crippen LogP) is 3.23. The van der Waals surface area contributed by atoms with Crippen molar-refractivity contribution in [2.75, 3.05) is 0 Å². The third kappa shape index (κ3) is 12.6. The van der Waals surface area contributed by atoms with E-state index in [1.807, 2.05) is 30.3 Å². The molecule has 19 heavy (non-hydrogen) atoms. The van der Waals surface area contributed by atoms with Crippen LogP contribution in [0.5, 0.6) is 0 Å². The van der Waals surface area contributed by atoms with Crippen LogP contribution in [0.25, 0.3) is 0 Å². The molecule has 96 valence electrons. The fourth-order valence-corrected chi connectivity index (χ4v) is 0.746. The Bertz CT molecular complexity index is 430. The molecule has 2 nitrogen and oxygen atoms in total. The fourth-order valence-electron chi connectivity index (χ4n) is 0.746. The van der Waals surface area contributed by atoms with Crippen molar-refractivity contribution in [1.29, 1.82) is 0 Å². The van der Waals surface area contributed by atoms with Crippen LogP contribution in [-0.4, -0.2) is 0 Å². The smallest absolute Gasteiger partial charge is 0.214 e. The van der Waals surface area contributed by atoms with Gasteiger partial charge in [0, 0.05) is 17.5 Å². The summed E-state index contributed by atoms with van der Waals surface area (Å²) in [6.45, 7) is 9.00. The minimum absolute atomic E-state index is 0. The third-order valence-electron chi connectivity index (χ3n) is 1.37. The maximum Gasteiger partial charge on any atom is 6.00 e. The van der Waals surface area contributed by atoms with Gasteiger partial charge in [-0.1, -0.05) is 0 Å². The maximum atomic E-state index is 11.9. The van der Waals surface area contributed by atoms with Gasteiger partial charge in [0.25, 0.3) is 0 Å². The van der Waals surface area contributed by atoms with E-state index in [0.29, 0.717) is 6.07 Å². The van der Waals surface area contributed by atoms with Crippen molar-refractivity contribution in [3.05, 3.63) is 79.3 Å². The van der Waals surface area contributed by atoms with Gasteiger partial charge in [0.05, 0.1) is 0 Å². The van der Waals surface area contributed by atoms with Gasteiger partial charge in [-0.25, -0.2) is 20.9 Å². The molecule has 0 saturated heterocycles. The number of benzene rings is 1. The van der Waals surface area contributed by atoms with Crippen molar-refractivity contribution >= 4 is 0 Å². The zero-order chi connectivity index (χ0) is 14.4. The average molecular weight is 308 g/mol. The van der Waals surface area contributed by atoms with E-state index in [4.69, 9.17) is 9.30 Å². The summed E-state index contributed by atoms with van der Waals surface area (Å²) in [5, 5.41) is 0. The van der Waals surface area contributed by atoms with E-state index >= 15 is 0 Å². The largest absolute Gasteiger partial charge is 6.00 e. The zero-order valence-corrected chi connectivity index (χ0v) is 10.4. The van der Waals surface area contributed by atoms with Gasteiger partial charge in [-0.3, -0.25) is 4.39 Å². The molecule has 0 radical (unpaired) electrons. The van der Waals surface area contributed by atoms with Crippen LogP contribution < -0.4 is 0 Å². The van der Waals surface area contributed by atoms with Crippen LogP contribution in [0.3, 0.4) is 0 Å². The van der Waals surface area contributed by atoms with Gasteiger partial charge >= 0.3 is 39.7 Å². The summed E-state index contributed by atoms with van der Waals surface area (Å²) < 4.78 is 50.7. The van der Waals surface area contributed by atoms with Crippen molar-refractivity contribution in [3.63, 3.8) is 0 Å². The van der Waals surface area contributed by atoms with Crippen molar-refractivity contribution in [2.24, 2.45) is 0 Å². The Morgan fingerprint density at radius 2 is 1.42 bits per heavy atom. The molecule has 0 saturated carbocycles. The molecule has 2 rings (SSSR count). The van der Waals surface area contributed by atoms with Gasteiger partial charge in [0.15, 0.2) is 0 Å². The van der Waals surface area contributed by atoms with Crippen LogP contribution in [0.15, 0.2) is 42.5 Å². The van der Waals surface area contributed by atoms with E-state index in [1.54, 1.807) is 0 Å². The normalized spacial score (nSPS) is 6.89. The number of hydrogen-bond donors (Lipinski definition) is 0. The van der Waals surface area contributed by atoms with Gasteiger partial charge in [0.2, 0.25) is 0 Å². The van der Waals surface area contributed by atoms with Crippen molar-refractivity contribution in [2.45, 2.75) is 0 Å². The zero-order valence-electron chi connectivity index (χ0n) is 9.35. The van der Waals surface area contributed by atoms with Gasteiger partial charge in [-0.05, 0) is 0 Å². The summed E-state index contributed by atoms with van der Waals surface area (Å²) in [4.78, 5) is 0. The van der Waals surface area contributed by atoms with E-state index in [2.05, 4.69) is 13.3 Å². The SMILES string of the molecule is Fc1[c-]c(F)c(F)cc1.[C-]#[O+].[C-]#[O+].[Fe+6].c1cc[cH-]c1. The molecule has 0 aromatic heterocycles. The second-order valence-electron chi connectivity index (χ2n) is 2.43. The Morgan fingerprint density at radius 1 is 0.947 bits per heavy atom. The van der Waals surface area contributed by atoms with Gasteiger partial charge in [-0.2, -0.15) is 18.2 Å². The third-order valence-corrected chi connectivity index (χ3v) is 1.37. The van der Waals surface area contributed by atoms with Gasteiger partial charge in [-0.15, -0.1) is 18.2 Å². The number of rotatable bonds is 0. The fraction of sp³-hybridized carbons (Fsp3) is 0. The van der Waals surface area contributed by atoms with E-state index in [0.717, 1.165) is 6.07 Å². The minimum atomic E-state index is -1.28. The Kier molecular flexibility index (Phi) is 19.4. The summed E-state index contributed by atoms with van der Waals surface area (Å²) in [5.74, 6) is -3.26. The monoisotopic (exact) mass is 308 g/mol. The second kappa shape index (κ2) is 16.4. The molecule has 2 aromatic rings. The molecule has 6 heteroatoms. The van der Waals surface area contributed by atoms with Crippen molar-refractivity contribution in [3.8, 4) is 0 Å². The van der Waals surface area contributed by atoms with E-state index in [-0.39, 0.29) is 17.1 Å². The Morgan fingerprint density at radius 3 is 1.68 bits per heavy atom. The predicted molar refractivity (Wildman–Crippen MR) is 55.0 cm³/mol. The van der Waals surface area contributed by atoms with Crippen LogP contribution in [0, 0.1) is 36.8 Å². The summed E-state index contributed by atoms with van der Waals surface area (Å²) in [7, 11) is 0. The molecule has 0 spiro atoms. The molecule has 0 N–H and O–H groups in total. The number of hydrogen-bond acceptors (Lipinski definition) is 0. The molecule has 0 atom stereocenters. The Labute approximate surface area is 119 Å². The molecule has 2 aromatic carbocycles. The summed E-state index contributed by atoms with van der Waals surface area (Å²) >= 11 is 0. The molecule has 0 aliphatic carbocycles. The molecule has 0 heterocycles. The Hall–Kier alpha value is -1.64. The van der Waals surface area contributed by atoms with Gasteiger partial charge in [0.1, 0.15) is 0 Å². The molecular weight excluding hydrogens is 301 g/mol. The minimum Gasteiger partial charge on any atom is -0.214 e. The number of halogens is 3. The topological polar surface area (TPSA) is 39.8 Å². The summed E-state index contributed by atoms with van der Waals surface area (Å²) in [6, 6.07) is 13.0. The Balaban J connectivity index is -0.000000220. The van der Waals surface area contributed by atoms with Crippen LogP contribution in [0.4, 0.5) is 13.2 Å². The summed E-state index contributed by atoms with van der Waals surface area (Å²) in [6.07, 6.45) is 0. The molecule has 0 unspecified atom stereocenters. The molecule has 0 fully saturated rings. The first-order valence-electron chi connectivity index (χ1n) is 4.30. The molecule has 0 aliphatic rings. The van der Waals surface area contributed by atoms with Gasteiger partial charge < -0.3 is 0 Å². The first-order valence-corrected chi connectivity index (χ1v) is 4.30. The molecule has 0 aliphatic heterocycles. The van der Waals surface area contributed by atoms with Crippen LogP contribution >= 0.6 is 0 Å². The first kappa shape index (κ1) is 22.5. The quantitative estimate of drug-likeness (QED) is 0.310. The summed E-state index contributed by atoms with van der Waals surface area (Å²) in [5.41, 5.74) is 0. The first-order chi connectivity index (χ1) is 8.70. The average Bonchev–Trinajstić information content (AvgIpc) is 2.98. The second-order valence-corrected chi connectivity index (χ2v) is 2.43. The van der Waals surface area contributed by atoms with E-state index in [1.165, 1.54) is 6.07 Å². The van der Waals surface area contributed by atoms with Crippen LogP contribution in [0.2, 0.25) is 0 Å².